The summed E-state index contributed by atoms with van der Waals surface area (Å²) in [6, 6.07) is 0.734. The van der Waals surface area contributed by atoms with E-state index >= 15 is 0 Å². The maximum atomic E-state index is 11.9. The number of hydrogen-bond donors (Lipinski definition) is 2. The molecule has 0 radical (unpaired) electrons. The van der Waals surface area contributed by atoms with Crippen LogP contribution in [0, 0.1) is 6.92 Å². The number of rotatable bonds is 2. The Morgan fingerprint density at radius 2 is 2.00 bits per heavy atom. The molecule has 0 unspecified atom stereocenters. The number of hydrogen-bond acceptors (Lipinski definition) is 5. The minimum Gasteiger partial charge on any atom is -0.505 e. The van der Waals surface area contributed by atoms with Crippen LogP contribution in [0.5, 0.6) is 11.6 Å². The molecule has 1 aromatic rings. The van der Waals surface area contributed by atoms with Crippen molar-refractivity contribution in [1.29, 1.82) is 0 Å². The second-order valence-corrected chi connectivity index (χ2v) is 4.50. The van der Waals surface area contributed by atoms with Gasteiger partial charge in [0.2, 0.25) is 10.9 Å². The minimum atomic E-state index is -5.02. The average Bonchev–Trinajstić information content (AvgIpc) is 2.06. The normalized spacial score (nSPS) is 12.5. The van der Waals surface area contributed by atoms with Crippen molar-refractivity contribution in [2.75, 3.05) is 0 Å². The predicted octanol–water partition coefficient (Wildman–Crippen LogP) is 0.642. The number of primary sulfonamides is 1. The molecule has 96 valence electrons. The number of pyridine rings is 1. The standard InChI is InChI=1S/C7H7F3N2O4S/c1-3-2-4(16-7(8,9)10)12-6(5(3)13)17(11,14)15/h2,13H,1H3,(H2,11,14,15). The molecule has 1 heterocycles. The van der Waals surface area contributed by atoms with Gasteiger partial charge in [-0.2, -0.15) is 4.98 Å². The van der Waals surface area contributed by atoms with Gasteiger partial charge in [-0.15, -0.1) is 13.2 Å². The van der Waals surface area contributed by atoms with Crippen molar-refractivity contribution in [1.82, 2.24) is 4.98 Å². The molecule has 1 rings (SSSR count). The lowest BCUT2D eigenvalue weighted by Crippen LogP contribution is -2.20. The lowest BCUT2D eigenvalue weighted by atomic mass is 10.3. The SMILES string of the molecule is Cc1cc(OC(F)(F)F)nc(S(N)(=O)=O)c1O. The van der Waals surface area contributed by atoms with Crippen LogP contribution < -0.4 is 9.88 Å². The molecule has 0 aliphatic rings. The van der Waals surface area contributed by atoms with E-state index in [1.807, 2.05) is 0 Å². The topological polar surface area (TPSA) is 103 Å². The molecule has 0 amide bonds. The molecule has 0 fully saturated rings. The number of nitrogens with two attached hydrogens (primary N) is 1. The molecule has 0 saturated heterocycles. The van der Waals surface area contributed by atoms with Crippen LogP contribution in [-0.4, -0.2) is 24.9 Å². The lowest BCUT2D eigenvalue weighted by Gasteiger charge is -2.11. The Morgan fingerprint density at radius 1 is 1.47 bits per heavy atom. The monoisotopic (exact) mass is 272 g/mol. The van der Waals surface area contributed by atoms with Gasteiger partial charge in [0.05, 0.1) is 0 Å². The van der Waals surface area contributed by atoms with E-state index < -0.39 is 33.0 Å². The molecule has 0 aliphatic carbocycles. The van der Waals surface area contributed by atoms with Gasteiger partial charge in [-0.05, 0) is 12.5 Å². The van der Waals surface area contributed by atoms with E-state index in [1.165, 1.54) is 6.92 Å². The van der Waals surface area contributed by atoms with Crippen molar-refractivity contribution in [2.24, 2.45) is 5.14 Å². The average molecular weight is 272 g/mol. The molecule has 1 aromatic heterocycles. The highest BCUT2D eigenvalue weighted by atomic mass is 32.2. The molecule has 0 aromatic carbocycles. The summed E-state index contributed by atoms with van der Waals surface area (Å²) in [6.45, 7) is 1.18. The van der Waals surface area contributed by atoms with Crippen LogP contribution in [0.3, 0.4) is 0 Å². The molecule has 3 N–H and O–H groups in total. The van der Waals surface area contributed by atoms with E-state index in [2.05, 4.69) is 14.9 Å². The summed E-state index contributed by atoms with van der Waals surface area (Å²) >= 11 is 0. The Bertz CT molecular complexity index is 541. The number of aryl methyl sites for hydroxylation is 1. The van der Waals surface area contributed by atoms with Gasteiger partial charge in [0.1, 0.15) is 0 Å². The van der Waals surface area contributed by atoms with Gasteiger partial charge in [0.15, 0.2) is 5.75 Å². The number of ether oxygens (including phenoxy) is 1. The van der Waals surface area contributed by atoms with Crippen molar-refractivity contribution >= 4 is 10.0 Å². The number of nitrogens with zero attached hydrogens (tertiary/aromatic N) is 1. The summed E-state index contributed by atoms with van der Waals surface area (Å²) < 4.78 is 61.0. The fourth-order valence-corrected chi connectivity index (χ4v) is 1.62. The number of halogens is 3. The first kappa shape index (κ1) is 13.5. The van der Waals surface area contributed by atoms with Gasteiger partial charge in [-0.25, -0.2) is 13.6 Å². The quantitative estimate of drug-likeness (QED) is 0.822. The van der Waals surface area contributed by atoms with Crippen molar-refractivity contribution in [3.8, 4) is 11.6 Å². The molecular formula is C7H7F3N2O4S. The summed E-state index contributed by atoms with van der Waals surface area (Å²) in [4.78, 5) is 2.98. The second-order valence-electron chi connectivity index (χ2n) is 3.02. The van der Waals surface area contributed by atoms with Crippen molar-refractivity contribution in [3.63, 3.8) is 0 Å². The third-order valence-electron chi connectivity index (χ3n) is 1.62. The zero-order valence-corrected chi connectivity index (χ0v) is 9.13. The first-order chi connectivity index (χ1) is 7.50. The van der Waals surface area contributed by atoms with Crippen LogP contribution in [0.4, 0.5) is 13.2 Å². The number of aromatic hydroxyl groups is 1. The predicted molar refractivity (Wildman–Crippen MR) is 48.7 cm³/mol. The van der Waals surface area contributed by atoms with Crippen LogP contribution in [0.2, 0.25) is 0 Å². The minimum absolute atomic E-state index is 0.164. The molecule has 6 nitrogen and oxygen atoms in total. The molecule has 0 atom stereocenters. The third kappa shape index (κ3) is 3.46. The first-order valence-corrected chi connectivity index (χ1v) is 5.54. The Kier molecular flexibility index (Phi) is 3.21. The van der Waals surface area contributed by atoms with Crippen LogP contribution in [0.25, 0.3) is 0 Å². The number of alkyl halides is 3. The zero-order valence-electron chi connectivity index (χ0n) is 8.32. The summed E-state index contributed by atoms with van der Waals surface area (Å²) in [5.41, 5.74) is -0.164. The molecular weight excluding hydrogens is 265 g/mol. The number of aromatic nitrogens is 1. The van der Waals surface area contributed by atoms with E-state index in [9.17, 15) is 26.7 Å². The van der Waals surface area contributed by atoms with Crippen LogP contribution >= 0.6 is 0 Å². The van der Waals surface area contributed by atoms with E-state index in [0.717, 1.165) is 6.07 Å². The van der Waals surface area contributed by atoms with Crippen molar-refractivity contribution in [2.45, 2.75) is 18.3 Å². The maximum Gasteiger partial charge on any atom is 0.574 e. The molecule has 0 bridgehead atoms. The highest BCUT2D eigenvalue weighted by Crippen LogP contribution is 2.29. The summed E-state index contributed by atoms with van der Waals surface area (Å²) in [5.74, 6) is -1.83. The van der Waals surface area contributed by atoms with Gasteiger partial charge < -0.3 is 9.84 Å². The summed E-state index contributed by atoms with van der Waals surface area (Å²) in [6.07, 6.45) is -5.02. The van der Waals surface area contributed by atoms with Gasteiger partial charge >= 0.3 is 6.36 Å². The van der Waals surface area contributed by atoms with Crippen LogP contribution in [-0.2, 0) is 10.0 Å². The fourth-order valence-electron chi connectivity index (χ4n) is 0.977. The lowest BCUT2D eigenvalue weighted by molar-refractivity contribution is -0.276. The van der Waals surface area contributed by atoms with Crippen molar-refractivity contribution < 1.29 is 31.4 Å². The Hall–Kier alpha value is -1.55. The molecule has 10 heteroatoms. The highest BCUT2D eigenvalue weighted by molar-refractivity contribution is 7.89. The van der Waals surface area contributed by atoms with E-state index in [0.29, 0.717) is 0 Å². The third-order valence-corrected chi connectivity index (χ3v) is 2.44. The Balaban J connectivity index is 3.35. The van der Waals surface area contributed by atoms with E-state index in [-0.39, 0.29) is 5.56 Å². The van der Waals surface area contributed by atoms with E-state index in [4.69, 9.17) is 0 Å². The van der Waals surface area contributed by atoms with Gasteiger partial charge in [0, 0.05) is 6.07 Å². The molecule has 17 heavy (non-hydrogen) atoms. The van der Waals surface area contributed by atoms with Crippen molar-refractivity contribution in [3.05, 3.63) is 11.6 Å². The van der Waals surface area contributed by atoms with Crippen LogP contribution in [0.15, 0.2) is 11.1 Å². The second kappa shape index (κ2) is 4.04. The molecule has 0 spiro atoms. The largest absolute Gasteiger partial charge is 0.574 e. The Labute approximate surface area is 93.9 Å². The van der Waals surface area contributed by atoms with Crippen LogP contribution in [0.1, 0.15) is 5.56 Å². The summed E-state index contributed by atoms with van der Waals surface area (Å²) in [5, 5.41) is 12.9. The zero-order chi connectivity index (χ0) is 13.4. The fraction of sp³-hybridized carbons (Fsp3) is 0.286. The van der Waals surface area contributed by atoms with Gasteiger partial charge in [-0.1, -0.05) is 0 Å². The number of sulfonamides is 1. The smallest absolute Gasteiger partial charge is 0.505 e. The van der Waals surface area contributed by atoms with Gasteiger partial charge in [-0.3, -0.25) is 0 Å². The van der Waals surface area contributed by atoms with Gasteiger partial charge in [0.25, 0.3) is 10.0 Å². The first-order valence-electron chi connectivity index (χ1n) is 4.00. The molecule has 0 aliphatic heterocycles. The maximum absolute atomic E-state index is 11.9. The molecule has 0 saturated carbocycles. The Morgan fingerprint density at radius 3 is 2.41 bits per heavy atom. The summed E-state index contributed by atoms with van der Waals surface area (Å²) in [7, 11) is -4.44. The highest BCUT2D eigenvalue weighted by Gasteiger charge is 2.33. The van der Waals surface area contributed by atoms with E-state index in [1.54, 1.807) is 0 Å².